The van der Waals surface area contributed by atoms with E-state index in [1.165, 1.54) is 6.26 Å². The van der Waals surface area contributed by atoms with Gasteiger partial charge in [0.25, 0.3) is 0 Å². The average molecular weight is 541 g/mol. The van der Waals surface area contributed by atoms with E-state index in [1.54, 1.807) is 0 Å². The number of hydrogen-bond donors (Lipinski definition) is 0. The molecule has 0 N–H and O–H groups in total. The van der Waals surface area contributed by atoms with Crippen LogP contribution >= 0.6 is 0 Å². The Balaban J connectivity index is 0. The Morgan fingerprint density at radius 2 is 1.10 bits per heavy atom. The third kappa shape index (κ3) is 13.2. The highest BCUT2D eigenvalue weighted by Gasteiger charge is 2.02. The van der Waals surface area contributed by atoms with Crippen molar-refractivity contribution in [2.45, 2.75) is 36.1 Å². The van der Waals surface area contributed by atoms with Crippen LogP contribution in [0.2, 0.25) is 0 Å². The first-order chi connectivity index (χ1) is 17.2. The van der Waals surface area contributed by atoms with Crippen molar-refractivity contribution in [2.24, 2.45) is 0 Å². The smallest absolute Gasteiger partial charge is 0.333 e. The maximum Gasteiger partial charge on any atom is 0.333 e. The summed E-state index contributed by atoms with van der Waals surface area (Å²) in [7, 11) is 0. The quantitative estimate of drug-likeness (QED) is 0.0635. The van der Waals surface area contributed by atoms with E-state index in [1.807, 2.05) is 72.8 Å². The van der Waals surface area contributed by atoms with Gasteiger partial charge < -0.3 is 28.4 Å². The predicted molar refractivity (Wildman–Crippen MR) is 159 cm³/mol. The summed E-state index contributed by atoms with van der Waals surface area (Å²) in [6, 6.07) is 23.0. The van der Waals surface area contributed by atoms with E-state index in [9.17, 15) is 4.79 Å². The van der Waals surface area contributed by atoms with E-state index in [0.29, 0.717) is 18.1 Å². The molecule has 0 atom stereocenters. The fraction of sp³-hybridized carbons (Fsp3) is 0.281. The second-order valence-electron chi connectivity index (χ2n) is 7.14. The van der Waals surface area contributed by atoms with E-state index in [4.69, 9.17) is 28.4 Å². The van der Waals surface area contributed by atoms with Crippen molar-refractivity contribution in [3.63, 3.8) is 0 Å². The SMILES string of the molecule is C.C.C.C.C=COCOCCc1ccc(OCOc2ccc(-c3ccc(OCOC(=O)C=C)cc3)cc2)cc1. The molecule has 0 aromatic heterocycles. The Morgan fingerprint density at radius 3 is 1.56 bits per heavy atom. The third-order valence-corrected chi connectivity index (χ3v) is 4.81. The van der Waals surface area contributed by atoms with Gasteiger partial charge >= 0.3 is 5.97 Å². The van der Waals surface area contributed by atoms with Crippen molar-refractivity contribution >= 4 is 5.97 Å². The molecule has 39 heavy (non-hydrogen) atoms. The lowest BCUT2D eigenvalue weighted by Crippen LogP contribution is -2.07. The zero-order chi connectivity index (χ0) is 24.7. The maximum absolute atomic E-state index is 11.0. The van der Waals surface area contributed by atoms with Crippen LogP contribution in [0.4, 0.5) is 0 Å². The lowest BCUT2D eigenvalue weighted by Gasteiger charge is -2.10. The fourth-order valence-electron chi connectivity index (χ4n) is 2.96. The van der Waals surface area contributed by atoms with Gasteiger partial charge in [-0.2, -0.15) is 0 Å². The van der Waals surface area contributed by atoms with E-state index in [-0.39, 0.29) is 50.1 Å². The number of carbonyl (C=O) groups is 1. The number of esters is 1. The molecule has 0 spiro atoms. The molecule has 0 saturated carbocycles. The highest BCUT2D eigenvalue weighted by molar-refractivity contribution is 5.81. The average Bonchev–Trinajstić information content (AvgIpc) is 2.90. The van der Waals surface area contributed by atoms with Gasteiger partial charge in [0.15, 0.2) is 6.79 Å². The van der Waals surface area contributed by atoms with Crippen molar-refractivity contribution in [1.29, 1.82) is 0 Å². The summed E-state index contributed by atoms with van der Waals surface area (Å²) < 4.78 is 31.8. The summed E-state index contributed by atoms with van der Waals surface area (Å²) in [5.41, 5.74) is 3.18. The molecule has 0 aliphatic rings. The molecule has 0 heterocycles. The summed E-state index contributed by atoms with van der Waals surface area (Å²) >= 11 is 0. The number of rotatable bonds is 15. The molecule has 0 bridgehead atoms. The fourth-order valence-corrected chi connectivity index (χ4v) is 2.96. The molecule has 0 unspecified atom stereocenters. The standard InChI is InChI=1S/C28H28O7.4CH4/c1-3-28(29)35-21-34-27-15-9-24(10-16-27)23-7-13-26(14-8-23)33-20-32-25-11-5-22(6-12-25)17-18-31-19-30-4-2;;;;/h3-16H,1-2,17-21H2;4*1H4. The minimum atomic E-state index is -0.528. The van der Waals surface area contributed by atoms with Crippen LogP contribution in [0.3, 0.4) is 0 Å². The number of benzene rings is 3. The maximum atomic E-state index is 11.0. The van der Waals surface area contributed by atoms with Crippen LogP contribution in [0.1, 0.15) is 35.3 Å². The van der Waals surface area contributed by atoms with Gasteiger partial charge in [0.05, 0.1) is 12.9 Å². The molecule has 0 saturated heterocycles. The molecule has 214 valence electrons. The third-order valence-electron chi connectivity index (χ3n) is 4.81. The Hall–Kier alpha value is -4.23. The minimum absolute atomic E-state index is 0. The Kier molecular flexibility index (Phi) is 19.7. The van der Waals surface area contributed by atoms with Crippen LogP contribution in [0, 0.1) is 0 Å². The molecular formula is C32H44O7. The normalized spacial score (nSPS) is 9.13. The molecule has 0 amide bonds. The Bertz CT molecular complexity index is 1060. The highest BCUT2D eigenvalue weighted by atomic mass is 16.7. The molecule has 0 aliphatic heterocycles. The van der Waals surface area contributed by atoms with Crippen molar-refractivity contribution in [3.05, 3.63) is 104 Å². The highest BCUT2D eigenvalue weighted by Crippen LogP contribution is 2.25. The number of ether oxygens (including phenoxy) is 6. The van der Waals surface area contributed by atoms with Gasteiger partial charge in [-0.1, -0.05) is 79.3 Å². The van der Waals surface area contributed by atoms with Gasteiger partial charge in [0.1, 0.15) is 17.2 Å². The summed E-state index contributed by atoms with van der Waals surface area (Å²) in [6.45, 7) is 7.50. The number of hydrogen-bond acceptors (Lipinski definition) is 7. The largest absolute Gasteiger partial charge is 0.476 e. The van der Waals surface area contributed by atoms with E-state index < -0.39 is 5.97 Å². The molecule has 3 rings (SSSR count). The summed E-state index contributed by atoms with van der Waals surface area (Å²) in [5.74, 6) is 1.50. The van der Waals surface area contributed by atoms with Crippen molar-refractivity contribution in [1.82, 2.24) is 0 Å². The van der Waals surface area contributed by atoms with Crippen LogP contribution in [-0.2, 0) is 25.4 Å². The van der Waals surface area contributed by atoms with Crippen molar-refractivity contribution in [2.75, 3.05) is 27.0 Å². The first-order valence-electron chi connectivity index (χ1n) is 10.9. The van der Waals surface area contributed by atoms with Crippen LogP contribution < -0.4 is 14.2 Å². The van der Waals surface area contributed by atoms with E-state index in [2.05, 4.69) is 13.2 Å². The molecular weight excluding hydrogens is 496 g/mol. The first-order valence-corrected chi connectivity index (χ1v) is 10.9. The topological polar surface area (TPSA) is 72.5 Å². The van der Waals surface area contributed by atoms with Crippen LogP contribution in [0.25, 0.3) is 11.1 Å². The molecule has 0 radical (unpaired) electrons. The molecule has 7 heteroatoms. The minimum Gasteiger partial charge on any atom is -0.476 e. The first kappa shape index (κ1) is 36.9. The molecule has 7 nitrogen and oxygen atoms in total. The van der Waals surface area contributed by atoms with Crippen molar-refractivity contribution < 1.29 is 33.2 Å². The van der Waals surface area contributed by atoms with Gasteiger partial charge in [-0.05, 0) is 59.5 Å². The van der Waals surface area contributed by atoms with Gasteiger partial charge in [0.2, 0.25) is 13.6 Å². The van der Waals surface area contributed by atoms with E-state index in [0.717, 1.165) is 34.9 Å². The van der Waals surface area contributed by atoms with Gasteiger partial charge in [-0.25, -0.2) is 4.79 Å². The van der Waals surface area contributed by atoms with Crippen LogP contribution in [0.5, 0.6) is 17.2 Å². The van der Waals surface area contributed by atoms with Gasteiger partial charge in [0, 0.05) is 6.08 Å². The zero-order valence-corrected chi connectivity index (χ0v) is 19.4. The monoisotopic (exact) mass is 540 g/mol. The second kappa shape index (κ2) is 20.8. The second-order valence-corrected chi connectivity index (χ2v) is 7.14. The van der Waals surface area contributed by atoms with Crippen LogP contribution in [-0.4, -0.2) is 33.0 Å². The Labute approximate surface area is 234 Å². The van der Waals surface area contributed by atoms with Gasteiger partial charge in [-0.3, -0.25) is 0 Å². The lowest BCUT2D eigenvalue weighted by molar-refractivity contribution is -0.144. The van der Waals surface area contributed by atoms with Crippen molar-refractivity contribution in [3.8, 4) is 28.4 Å². The molecule has 3 aromatic carbocycles. The summed E-state index contributed by atoms with van der Waals surface area (Å²) in [6.07, 6.45) is 3.23. The summed E-state index contributed by atoms with van der Waals surface area (Å²) in [5, 5.41) is 0. The lowest BCUT2D eigenvalue weighted by atomic mass is 10.1. The zero-order valence-electron chi connectivity index (χ0n) is 19.4. The molecule has 0 aliphatic carbocycles. The van der Waals surface area contributed by atoms with Gasteiger partial charge in [-0.15, -0.1) is 0 Å². The summed E-state index contributed by atoms with van der Waals surface area (Å²) in [4.78, 5) is 11.0. The van der Waals surface area contributed by atoms with Crippen LogP contribution in [0.15, 0.2) is 98.3 Å². The van der Waals surface area contributed by atoms with E-state index >= 15 is 0 Å². The molecule has 0 fully saturated rings. The predicted octanol–water partition coefficient (Wildman–Crippen LogP) is 8.06. The number of carbonyl (C=O) groups excluding carboxylic acids is 1. The molecule has 3 aromatic rings. The Morgan fingerprint density at radius 1 is 0.641 bits per heavy atom.